The molecular formula is C15H24N3O4S+. The molecule has 8 heteroatoms. The van der Waals surface area contributed by atoms with Gasteiger partial charge in [-0.15, -0.1) is 0 Å². The van der Waals surface area contributed by atoms with E-state index in [1.165, 1.54) is 12.0 Å². The van der Waals surface area contributed by atoms with Gasteiger partial charge in [0, 0.05) is 0 Å². The standard InChI is InChI=1S/C15H23N3O4S/c1-16-8-10-17(11-9-16)15(19)12-18(23(3,20)21)13-6-4-5-7-14(13)22-2/h4-7H,8-12H2,1-3H3/p+1. The average molecular weight is 342 g/mol. The molecule has 0 spiro atoms. The van der Waals surface area contributed by atoms with Crippen LogP contribution in [-0.2, 0) is 14.8 Å². The maximum absolute atomic E-state index is 12.5. The smallest absolute Gasteiger partial charge is 0.243 e. The van der Waals surface area contributed by atoms with Crippen LogP contribution in [-0.4, -0.2) is 72.4 Å². The molecule has 0 aliphatic carbocycles. The number of nitrogens with zero attached hydrogens (tertiary/aromatic N) is 2. The molecular weight excluding hydrogens is 318 g/mol. The van der Waals surface area contributed by atoms with E-state index in [0.717, 1.165) is 23.7 Å². The monoisotopic (exact) mass is 342 g/mol. The van der Waals surface area contributed by atoms with E-state index in [4.69, 9.17) is 4.74 Å². The minimum absolute atomic E-state index is 0.186. The molecule has 1 fully saturated rings. The van der Waals surface area contributed by atoms with Gasteiger partial charge < -0.3 is 14.5 Å². The Bertz CT molecular complexity index is 654. The summed E-state index contributed by atoms with van der Waals surface area (Å²) in [6, 6.07) is 6.80. The van der Waals surface area contributed by atoms with Crippen LogP contribution in [0, 0.1) is 0 Å². The fraction of sp³-hybridized carbons (Fsp3) is 0.533. The van der Waals surface area contributed by atoms with Crippen molar-refractivity contribution in [1.29, 1.82) is 0 Å². The molecule has 1 aliphatic heterocycles. The van der Waals surface area contributed by atoms with E-state index in [-0.39, 0.29) is 12.5 Å². The molecule has 1 saturated heterocycles. The van der Waals surface area contributed by atoms with E-state index in [9.17, 15) is 13.2 Å². The first kappa shape index (κ1) is 17.6. The van der Waals surface area contributed by atoms with Crippen molar-refractivity contribution < 1.29 is 22.8 Å². The molecule has 128 valence electrons. The summed E-state index contributed by atoms with van der Waals surface area (Å²) >= 11 is 0. The van der Waals surface area contributed by atoms with Gasteiger partial charge in [-0.1, -0.05) is 12.1 Å². The number of piperazine rings is 1. The fourth-order valence-corrected chi connectivity index (χ4v) is 3.43. The first-order chi connectivity index (χ1) is 10.8. The zero-order chi connectivity index (χ0) is 17.0. The Hall–Kier alpha value is -1.80. The second kappa shape index (κ2) is 7.18. The van der Waals surface area contributed by atoms with Crippen molar-refractivity contribution in [3.63, 3.8) is 0 Å². The number of likely N-dealkylation sites (N-methyl/N-ethyl adjacent to an activating group) is 1. The Balaban J connectivity index is 2.22. The van der Waals surface area contributed by atoms with E-state index in [0.29, 0.717) is 24.5 Å². The number of sulfonamides is 1. The topological polar surface area (TPSA) is 71.4 Å². The van der Waals surface area contributed by atoms with Gasteiger partial charge in [-0.3, -0.25) is 9.10 Å². The lowest BCUT2D eigenvalue weighted by molar-refractivity contribution is -0.883. The predicted octanol–water partition coefficient (Wildman–Crippen LogP) is -1.18. The highest BCUT2D eigenvalue weighted by Crippen LogP contribution is 2.29. The number of benzene rings is 1. The summed E-state index contributed by atoms with van der Waals surface area (Å²) in [4.78, 5) is 15.6. The number of carbonyl (C=O) groups is 1. The summed E-state index contributed by atoms with van der Waals surface area (Å²) in [6.07, 6.45) is 1.10. The molecule has 1 heterocycles. The third-order valence-electron chi connectivity index (χ3n) is 4.00. The van der Waals surface area contributed by atoms with E-state index in [1.807, 2.05) is 0 Å². The highest BCUT2D eigenvalue weighted by atomic mass is 32.2. The van der Waals surface area contributed by atoms with Crippen LogP contribution in [0.1, 0.15) is 0 Å². The highest BCUT2D eigenvalue weighted by Gasteiger charge is 2.28. The van der Waals surface area contributed by atoms with Gasteiger partial charge in [0.05, 0.1) is 52.3 Å². The van der Waals surface area contributed by atoms with Gasteiger partial charge in [-0.25, -0.2) is 8.42 Å². The number of anilines is 1. The van der Waals surface area contributed by atoms with Crippen molar-refractivity contribution in [2.75, 3.05) is 57.4 Å². The Morgan fingerprint density at radius 3 is 2.48 bits per heavy atom. The van der Waals surface area contributed by atoms with Crippen LogP contribution >= 0.6 is 0 Å². The summed E-state index contributed by atoms with van der Waals surface area (Å²) in [6.45, 7) is 2.83. The van der Waals surface area contributed by atoms with Gasteiger partial charge in [0.15, 0.2) is 0 Å². The molecule has 7 nitrogen and oxygen atoms in total. The van der Waals surface area contributed by atoms with Crippen LogP contribution in [0.4, 0.5) is 5.69 Å². The van der Waals surface area contributed by atoms with Crippen molar-refractivity contribution >= 4 is 21.6 Å². The third kappa shape index (κ3) is 4.35. The quantitative estimate of drug-likeness (QED) is 0.731. The number of nitrogens with one attached hydrogen (secondary N) is 1. The van der Waals surface area contributed by atoms with Crippen LogP contribution < -0.4 is 13.9 Å². The molecule has 1 amide bonds. The first-order valence-corrected chi connectivity index (χ1v) is 9.37. The molecule has 0 atom stereocenters. The third-order valence-corrected chi connectivity index (χ3v) is 5.13. The highest BCUT2D eigenvalue weighted by molar-refractivity contribution is 7.92. The number of amides is 1. The number of rotatable bonds is 5. The molecule has 0 unspecified atom stereocenters. The Morgan fingerprint density at radius 2 is 1.91 bits per heavy atom. The van der Waals surface area contributed by atoms with Gasteiger partial charge in [-0.05, 0) is 12.1 Å². The summed E-state index contributed by atoms with van der Waals surface area (Å²) in [5.74, 6) is 0.238. The average Bonchev–Trinajstić information content (AvgIpc) is 2.52. The lowest BCUT2D eigenvalue weighted by Crippen LogP contribution is -3.12. The molecule has 0 aromatic heterocycles. The number of hydrogen-bond acceptors (Lipinski definition) is 4. The van der Waals surface area contributed by atoms with Crippen LogP contribution in [0.15, 0.2) is 24.3 Å². The first-order valence-electron chi connectivity index (χ1n) is 7.52. The molecule has 0 bridgehead atoms. The molecule has 0 radical (unpaired) electrons. The van der Waals surface area contributed by atoms with Crippen molar-refractivity contribution in [3.8, 4) is 5.75 Å². The Morgan fingerprint density at radius 1 is 1.30 bits per heavy atom. The van der Waals surface area contributed by atoms with Crippen molar-refractivity contribution in [3.05, 3.63) is 24.3 Å². The molecule has 2 rings (SSSR count). The van der Waals surface area contributed by atoms with Crippen LogP contribution in [0.25, 0.3) is 0 Å². The maximum Gasteiger partial charge on any atom is 0.243 e. The lowest BCUT2D eigenvalue weighted by Gasteiger charge is -2.32. The molecule has 1 aromatic carbocycles. The van der Waals surface area contributed by atoms with Crippen LogP contribution in [0.3, 0.4) is 0 Å². The predicted molar refractivity (Wildman–Crippen MR) is 88.4 cm³/mol. The normalized spacial score (nSPS) is 16.2. The van der Waals surface area contributed by atoms with Gasteiger partial charge in [-0.2, -0.15) is 0 Å². The number of ether oxygens (including phenoxy) is 1. The van der Waals surface area contributed by atoms with Gasteiger partial charge in [0.1, 0.15) is 12.3 Å². The number of quaternary nitrogens is 1. The van der Waals surface area contributed by atoms with E-state index in [2.05, 4.69) is 7.05 Å². The van der Waals surface area contributed by atoms with E-state index >= 15 is 0 Å². The molecule has 0 saturated carbocycles. The number of methoxy groups -OCH3 is 1. The van der Waals surface area contributed by atoms with E-state index < -0.39 is 10.0 Å². The van der Waals surface area contributed by atoms with Gasteiger partial charge in [0.2, 0.25) is 15.9 Å². The second-order valence-electron chi connectivity index (χ2n) is 5.78. The van der Waals surface area contributed by atoms with Crippen molar-refractivity contribution in [2.45, 2.75) is 0 Å². The SMILES string of the molecule is COc1ccccc1N(CC(=O)N1CC[NH+](C)CC1)S(C)(=O)=O. The minimum atomic E-state index is -3.59. The molecule has 23 heavy (non-hydrogen) atoms. The fourth-order valence-electron chi connectivity index (χ4n) is 2.58. The second-order valence-corrected chi connectivity index (χ2v) is 7.69. The van der Waals surface area contributed by atoms with Crippen LogP contribution in [0.5, 0.6) is 5.75 Å². The van der Waals surface area contributed by atoms with Gasteiger partial charge >= 0.3 is 0 Å². The molecule has 1 aliphatic rings. The lowest BCUT2D eigenvalue weighted by atomic mass is 10.3. The van der Waals surface area contributed by atoms with Crippen LogP contribution in [0.2, 0.25) is 0 Å². The zero-order valence-electron chi connectivity index (χ0n) is 13.8. The Labute approximate surface area is 137 Å². The number of carbonyl (C=O) groups excluding carboxylic acids is 1. The maximum atomic E-state index is 12.5. The molecule has 1 aromatic rings. The van der Waals surface area contributed by atoms with Crippen molar-refractivity contribution in [1.82, 2.24) is 4.90 Å². The van der Waals surface area contributed by atoms with Gasteiger partial charge in [0.25, 0.3) is 0 Å². The molecule has 1 N–H and O–H groups in total. The zero-order valence-corrected chi connectivity index (χ0v) is 14.6. The van der Waals surface area contributed by atoms with E-state index in [1.54, 1.807) is 29.2 Å². The Kier molecular flexibility index (Phi) is 5.48. The largest absolute Gasteiger partial charge is 0.495 e. The summed E-state index contributed by atoms with van der Waals surface area (Å²) in [5.41, 5.74) is 0.380. The number of hydrogen-bond donors (Lipinski definition) is 1. The van der Waals surface area contributed by atoms with Crippen molar-refractivity contribution in [2.24, 2.45) is 0 Å². The minimum Gasteiger partial charge on any atom is -0.495 e. The number of para-hydroxylation sites is 2. The summed E-state index contributed by atoms with van der Waals surface area (Å²) in [7, 11) is -0.0351. The summed E-state index contributed by atoms with van der Waals surface area (Å²) in [5, 5.41) is 0. The summed E-state index contributed by atoms with van der Waals surface area (Å²) < 4.78 is 30.7.